The van der Waals surface area contributed by atoms with E-state index >= 15 is 0 Å². The lowest BCUT2D eigenvalue weighted by Crippen LogP contribution is -2.32. The van der Waals surface area contributed by atoms with Gasteiger partial charge in [0.2, 0.25) is 0 Å². The molecule has 0 aliphatic heterocycles. The van der Waals surface area contributed by atoms with E-state index in [1.807, 2.05) is 25.1 Å². The van der Waals surface area contributed by atoms with Gasteiger partial charge in [-0.15, -0.1) is 0 Å². The minimum atomic E-state index is -1.04. The fraction of sp³-hybridized carbons (Fsp3) is 0.333. The van der Waals surface area contributed by atoms with Crippen LogP contribution in [-0.4, -0.2) is 23.5 Å². The van der Waals surface area contributed by atoms with E-state index in [-0.39, 0.29) is 0 Å². The minimum Gasteiger partial charge on any atom is -0.465 e. The highest BCUT2D eigenvalue weighted by atomic mass is 16.5. The molecule has 1 N–H and O–H groups in total. The normalized spacial score (nSPS) is 12.1. The van der Waals surface area contributed by atoms with Crippen LogP contribution in [0, 0.1) is 6.92 Å². The van der Waals surface area contributed by atoms with E-state index in [4.69, 9.17) is 9.26 Å². The second-order valence-electron chi connectivity index (χ2n) is 4.82. The average molecular weight is 290 g/mol. The van der Waals surface area contributed by atoms with Crippen LogP contribution in [0.5, 0.6) is 0 Å². The van der Waals surface area contributed by atoms with Crippen molar-refractivity contribution in [1.82, 2.24) is 5.16 Å². The molecule has 1 atom stereocenters. The van der Waals surface area contributed by atoms with E-state index < -0.39 is 12.1 Å². The topological polar surface area (TPSA) is 75.8 Å². The van der Waals surface area contributed by atoms with Crippen LogP contribution in [0.15, 0.2) is 34.9 Å². The van der Waals surface area contributed by atoms with Crippen LogP contribution in [0.4, 0.5) is 10.5 Å². The maximum Gasteiger partial charge on any atom is 0.412 e. The Morgan fingerprint density at radius 2 is 2.24 bits per heavy atom. The number of hydrogen-bond donors (Lipinski definition) is 1. The van der Waals surface area contributed by atoms with Crippen molar-refractivity contribution in [3.63, 3.8) is 0 Å². The summed E-state index contributed by atoms with van der Waals surface area (Å²) in [6, 6.07) is 8.53. The summed E-state index contributed by atoms with van der Waals surface area (Å²) in [5.41, 5.74) is 2.22. The predicted octanol–water partition coefficient (Wildman–Crippen LogP) is 3.38. The van der Waals surface area contributed by atoms with E-state index in [2.05, 4.69) is 5.16 Å². The fourth-order valence-electron chi connectivity index (χ4n) is 2.15. The lowest BCUT2D eigenvalue weighted by atomic mass is 10.1. The summed E-state index contributed by atoms with van der Waals surface area (Å²) in [5, 5.41) is 13.4. The highest BCUT2D eigenvalue weighted by Crippen LogP contribution is 2.28. The molecule has 6 nitrogen and oxygen atoms in total. The van der Waals surface area contributed by atoms with Crippen LogP contribution in [0.25, 0.3) is 0 Å². The molecular formula is C15H18N2O4. The Morgan fingerprint density at radius 1 is 1.48 bits per heavy atom. The van der Waals surface area contributed by atoms with Gasteiger partial charge in [0.1, 0.15) is 5.69 Å². The quantitative estimate of drug-likeness (QED) is 0.913. The van der Waals surface area contributed by atoms with Crippen molar-refractivity contribution in [1.29, 1.82) is 0 Å². The highest BCUT2D eigenvalue weighted by molar-refractivity contribution is 5.86. The predicted molar refractivity (Wildman–Crippen MR) is 77.3 cm³/mol. The Balaban J connectivity index is 2.30. The summed E-state index contributed by atoms with van der Waals surface area (Å²) in [6.45, 7) is 4.00. The molecule has 0 saturated heterocycles. The van der Waals surface area contributed by atoms with Gasteiger partial charge < -0.3 is 14.4 Å². The van der Waals surface area contributed by atoms with Crippen molar-refractivity contribution < 1.29 is 19.2 Å². The maximum atomic E-state index is 11.6. The smallest absolute Gasteiger partial charge is 0.412 e. The summed E-state index contributed by atoms with van der Waals surface area (Å²) in [5.74, 6) is 0.478. The molecule has 1 amide bonds. The molecule has 2 rings (SSSR count). The first kappa shape index (κ1) is 15.1. The van der Waals surface area contributed by atoms with Crippen molar-refractivity contribution in [2.75, 3.05) is 12.0 Å². The number of anilines is 1. The van der Waals surface area contributed by atoms with Gasteiger partial charge in [-0.2, -0.15) is 0 Å². The zero-order valence-corrected chi connectivity index (χ0v) is 12.2. The molecule has 0 radical (unpaired) electrons. The molecule has 6 heteroatoms. The molecule has 0 aliphatic rings. The third-order valence-electron chi connectivity index (χ3n) is 3.15. The Labute approximate surface area is 122 Å². The fourth-order valence-corrected chi connectivity index (χ4v) is 2.15. The first-order chi connectivity index (χ1) is 10.0. The Bertz CT molecular complexity index is 624. The number of aryl methyl sites for hydroxylation is 1. The summed E-state index contributed by atoms with van der Waals surface area (Å²) < 4.78 is 10.2. The summed E-state index contributed by atoms with van der Waals surface area (Å²) in [7, 11) is 1.56. The standard InChI is InChI=1S/C15H18N2O4/c1-10-5-4-6-13(7-10)17(15(18)19)11(2)14-8-12(9-20-3)16-21-14/h4-8,11H,9H2,1-3H3,(H,18,19). The van der Waals surface area contributed by atoms with E-state index in [9.17, 15) is 9.90 Å². The van der Waals surface area contributed by atoms with Crippen LogP contribution < -0.4 is 4.90 Å². The van der Waals surface area contributed by atoms with Gasteiger partial charge in [-0.1, -0.05) is 17.3 Å². The SMILES string of the molecule is COCc1cc(C(C)N(C(=O)O)c2cccc(C)c2)on1. The van der Waals surface area contributed by atoms with Crippen molar-refractivity contribution in [3.05, 3.63) is 47.3 Å². The number of ether oxygens (including phenoxy) is 1. The molecule has 1 unspecified atom stereocenters. The van der Waals surface area contributed by atoms with Crippen LogP contribution in [0.3, 0.4) is 0 Å². The van der Waals surface area contributed by atoms with Crippen molar-refractivity contribution in [2.45, 2.75) is 26.5 Å². The second-order valence-corrected chi connectivity index (χ2v) is 4.82. The molecule has 112 valence electrons. The van der Waals surface area contributed by atoms with Gasteiger partial charge in [-0.3, -0.25) is 4.90 Å². The lowest BCUT2D eigenvalue weighted by molar-refractivity contribution is 0.176. The van der Waals surface area contributed by atoms with Crippen molar-refractivity contribution >= 4 is 11.8 Å². The largest absolute Gasteiger partial charge is 0.465 e. The first-order valence-corrected chi connectivity index (χ1v) is 6.56. The van der Waals surface area contributed by atoms with Gasteiger partial charge in [0.15, 0.2) is 5.76 Å². The molecule has 1 aromatic heterocycles. The minimum absolute atomic E-state index is 0.327. The number of benzene rings is 1. The number of carbonyl (C=O) groups is 1. The second kappa shape index (κ2) is 6.41. The zero-order valence-electron chi connectivity index (χ0n) is 12.2. The Kier molecular flexibility index (Phi) is 4.59. The van der Waals surface area contributed by atoms with Crippen molar-refractivity contribution in [2.24, 2.45) is 0 Å². The van der Waals surface area contributed by atoms with Gasteiger partial charge in [0.05, 0.1) is 12.6 Å². The van der Waals surface area contributed by atoms with Crippen LogP contribution in [0.1, 0.15) is 30.0 Å². The zero-order chi connectivity index (χ0) is 15.4. The monoisotopic (exact) mass is 290 g/mol. The molecule has 0 bridgehead atoms. The number of nitrogens with zero attached hydrogens (tertiary/aromatic N) is 2. The first-order valence-electron chi connectivity index (χ1n) is 6.56. The molecular weight excluding hydrogens is 272 g/mol. The van der Waals surface area contributed by atoms with E-state index in [0.717, 1.165) is 5.56 Å². The lowest BCUT2D eigenvalue weighted by Gasteiger charge is -2.24. The summed E-state index contributed by atoms with van der Waals surface area (Å²) >= 11 is 0. The number of amides is 1. The van der Waals surface area contributed by atoms with Crippen LogP contribution >= 0.6 is 0 Å². The molecule has 0 aliphatic carbocycles. The highest BCUT2D eigenvalue weighted by Gasteiger charge is 2.26. The number of rotatable bonds is 5. The van der Waals surface area contributed by atoms with Crippen LogP contribution in [0.2, 0.25) is 0 Å². The van der Waals surface area contributed by atoms with Crippen molar-refractivity contribution in [3.8, 4) is 0 Å². The number of hydrogen-bond acceptors (Lipinski definition) is 4. The number of carboxylic acid groups (broad SMARTS) is 1. The Hall–Kier alpha value is -2.34. The third kappa shape index (κ3) is 3.41. The molecule has 2 aromatic rings. The maximum absolute atomic E-state index is 11.6. The molecule has 1 aromatic carbocycles. The van der Waals surface area contributed by atoms with Gasteiger partial charge in [-0.05, 0) is 31.5 Å². The van der Waals surface area contributed by atoms with E-state index in [1.165, 1.54) is 4.90 Å². The Morgan fingerprint density at radius 3 is 2.86 bits per heavy atom. The molecule has 1 heterocycles. The molecule has 21 heavy (non-hydrogen) atoms. The number of aromatic nitrogens is 1. The van der Waals surface area contributed by atoms with Gasteiger partial charge in [-0.25, -0.2) is 4.79 Å². The summed E-state index contributed by atoms with van der Waals surface area (Å²) in [4.78, 5) is 12.9. The average Bonchev–Trinajstić information content (AvgIpc) is 2.87. The molecule has 0 fully saturated rings. The van der Waals surface area contributed by atoms with Gasteiger partial charge in [0, 0.05) is 18.9 Å². The van der Waals surface area contributed by atoms with E-state index in [0.29, 0.717) is 23.7 Å². The molecule has 0 spiro atoms. The number of methoxy groups -OCH3 is 1. The van der Waals surface area contributed by atoms with Gasteiger partial charge >= 0.3 is 6.09 Å². The van der Waals surface area contributed by atoms with Gasteiger partial charge in [0.25, 0.3) is 0 Å². The van der Waals surface area contributed by atoms with E-state index in [1.54, 1.807) is 26.2 Å². The molecule has 0 saturated carbocycles. The van der Waals surface area contributed by atoms with Crippen LogP contribution in [-0.2, 0) is 11.3 Å². The third-order valence-corrected chi connectivity index (χ3v) is 3.15. The summed E-state index contributed by atoms with van der Waals surface area (Å²) in [6.07, 6.45) is -1.04.